The Hall–Kier alpha value is -2.63. The van der Waals surface area contributed by atoms with Crippen molar-refractivity contribution in [3.8, 4) is 0 Å². The topological polar surface area (TPSA) is 94.8 Å². The van der Waals surface area contributed by atoms with Crippen molar-refractivity contribution in [2.45, 2.75) is 6.42 Å². The van der Waals surface area contributed by atoms with Crippen LogP contribution in [0.1, 0.15) is 5.56 Å². The van der Waals surface area contributed by atoms with Gasteiger partial charge in [0.15, 0.2) is 0 Å². The van der Waals surface area contributed by atoms with E-state index in [9.17, 15) is 14.4 Å². The minimum absolute atomic E-state index is 0.0877. The highest BCUT2D eigenvalue weighted by Gasteiger charge is 2.04. The summed E-state index contributed by atoms with van der Waals surface area (Å²) in [5, 5.41) is 2.46. The number of aromatic amines is 2. The van der Waals surface area contributed by atoms with Crippen LogP contribution in [0.15, 0.2) is 46.0 Å². The first kappa shape index (κ1) is 11.8. The molecule has 1 aromatic carbocycles. The van der Waals surface area contributed by atoms with Crippen molar-refractivity contribution in [3.05, 3.63) is 62.8 Å². The smallest absolute Gasteiger partial charge is 0.312 e. The Balaban J connectivity index is 2.08. The molecule has 1 amide bonds. The van der Waals surface area contributed by atoms with Gasteiger partial charge in [0.25, 0.3) is 5.56 Å². The van der Waals surface area contributed by atoms with Gasteiger partial charge in [0.1, 0.15) is 5.82 Å². The summed E-state index contributed by atoms with van der Waals surface area (Å²) in [7, 11) is 0. The molecule has 2 rings (SSSR count). The summed E-state index contributed by atoms with van der Waals surface area (Å²) in [5.74, 6) is -0.216. The summed E-state index contributed by atoms with van der Waals surface area (Å²) < 4.78 is 0. The highest BCUT2D eigenvalue weighted by Crippen LogP contribution is 2.01. The summed E-state index contributed by atoms with van der Waals surface area (Å²) >= 11 is 0. The Bertz CT molecular complexity index is 630. The zero-order chi connectivity index (χ0) is 13.0. The largest absolute Gasteiger partial charge is 0.327 e. The van der Waals surface area contributed by atoms with Gasteiger partial charge in [-0.15, -0.1) is 0 Å². The molecule has 0 atom stereocenters. The molecular formula is C12H11N3O3. The van der Waals surface area contributed by atoms with Crippen molar-refractivity contribution >= 4 is 11.7 Å². The van der Waals surface area contributed by atoms with E-state index in [-0.39, 0.29) is 18.1 Å². The van der Waals surface area contributed by atoms with Gasteiger partial charge in [0, 0.05) is 6.07 Å². The van der Waals surface area contributed by atoms with Crippen LogP contribution >= 0.6 is 0 Å². The number of anilines is 1. The van der Waals surface area contributed by atoms with Gasteiger partial charge in [-0.1, -0.05) is 30.3 Å². The molecule has 0 aliphatic rings. The molecular weight excluding hydrogens is 234 g/mol. The van der Waals surface area contributed by atoms with E-state index in [2.05, 4.69) is 10.3 Å². The maximum absolute atomic E-state index is 11.7. The second-order valence-electron chi connectivity index (χ2n) is 3.71. The molecule has 1 heterocycles. The lowest BCUT2D eigenvalue weighted by Gasteiger charge is -2.04. The summed E-state index contributed by atoms with van der Waals surface area (Å²) in [4.78, 5) is 38.0. The molecule has 3 N–H and O–H groups in total. The molecule has 0 aliphatic heterocycles. The maximum atomic E-state index is 11.7. The molecule has 0 bridgehead atoms. The highest BCUT2D eigenvalue weighted by molar-refractivity contribution is 5.91. The molecule has 0 spiro atoms. The first-order valence-electron chi connectivity index (χ1n) is 5.31. The van der Waals surface area contributed by atoms with E-state index < -0.39 is 11.2 Å². The number of carbonyl (C=O) groups excluding carboxylic acids is 1. The Morgan fingerprint density at radius 2 is 1.83 bits per heavy atom. The minimum atomic E-state index is -0.655. The van der Waals surface area contributed by atoms with Gasteiger partial charge >= 0.3 is 5.69 Å². The quantitative estimate of drug-likeness (QED) is 0.723. The van der Waals surface area contributed by atoms with E-state index in [1.165, 1.54) is 0 Å². The number of amides is 1. The number of aromatic nitrogens is 2. The van der Waals surface area contributed by atoms with Crippen LogP contribution in [-0.4, -0.2) is 15.9 Å². The molecule has 0 saturated carbocycles. The first-order chi connectivity index (χ1) is 8.63. The molecule has 18 heavy (non-hydrogen) atoms. The predicted molar refractivity (Wildman–Crippen MR) is 66.5 cm³/mol. The third-order valence-electron chi connectivity index (χ3n) is 2.24. The average molecular weight is 245 g/mol. The van der Waals surface area contributed by atoms with Crippen LogP contribution in [0.3, 0.4) is 0 Å². The van der Waals surface area contributed by atoms with Crippen molar-refractivity contribution < 1.29 is 4.79 Å². The lowest BCUT2D eigenvalue weighted by Crippen LogP contribution is -2.25. The fraction of sp³-hybridized carbons (Fsp3) is 0.0833. The molecule has 6 nitrogen and oxygen atoms in total. The average Bonchev–Trinajstić information content (AvgIpc) is 2.28. The van der Waals surface area contributed by atoms with E-state index in [1.54, 1.807) is 0 Å². The Morgan fingerprint density at radius 1 is 1.11 bits per heavy atom. The lowest BCUT2D eigenvalue weighted by molar-refractivity contribution is -0.115. The van der Waals surface area contributed by atoms with Gasteiger partial charge in [0.05, 0.1) is 6.42 Å². The zero-order valence-electron chi connectivity index (χ0n) is 9.40. The van der Waals surface area contributed by atoms with Gasteiger partial charge in [-0.05, 0) is 5.56 Å². The maximum Gasteiger partial charge on any atom is 0.327 e. The van der Waals surface area contributed by atoms with Gasteiger partial charge in [-0.3, -0.25) is 19.6 Å². The number of hydrogen-bond acceptors (Lipinski definition) is 3. The van der Waals surface area contributed by atoms with Crippen molar-refractivity contribution in [1.29, 1.82) is 0 Å². The molecule has 0 unspecified atom stereocenters. The second-order valence-corrected chi connectivity index (χ2v) is 3.71. The molecule has 1 aromatic heterocycles. The Kier molecular flexibility index (Phi) is 3.38. The number of benzene rings is 1. The summed E-state index contributed by atoms with van der Waals surface area (Å²) in [6, 6.07) is 10.3. The van der Waals surface area contributed by atoms with Crippen LogP contribution in [0.25, 0.3) is 0 Å². The van der Waals surface area contributed by atoms with E-state index in [1.807, 2.05) is 35.3 Å². The standard InChI is InChI=1S/C12H11N3O3/c16-10(6-8-4-2-1-3-5-8)13-9-7-11(17)15-12(18)14-9/h1-5,7H,6H2,(H3,13,14,15,16,17,18). The molecule has 6 heteroatoms. The third-order valence-corrected chi connectivity index (χ3v) is 2.24. The Labute approximate surface area is 102 Å². The number of nitrogens with one attached hydrogen (secondary N) is 3. The lowest BCUT2D eigenvalue weighted by atomic mass is 10.1. The summed E-state index contributed by atoms with van der Waals surface area (Å²) in [5.41, 5.74) is -0.367. The van der Waals surface area contributed by atoms with Gasteiger partial charge < -0.3 is 5.32 Å². The van der Waals surface area contributed by atoms with E-state index in [4.69, 9.17) is 0 Å². The van der Waals surface area contributed by atoms with Crippen LogP contribution in [0.4, 0.5) is 5.82 Å². The van der Waals surface area contributed by atoms with Crippen LogP contribution in [0, 0.1) is 0 Å². The van der Waals surface area contributed by atoms with Crippen LogP contribution in [0.5, 0.6) is 0 Å². The van der Waals surface area contributed by atoms with E-state index >= 15 is 0 Å². The first-order valence-corrected chi connectivity index (χ1v) is 5.31. The van der Waals surface area contributed by atoms with Gasteiger partial charge in [0.2, 0.25) is 5.91 Å². The van der Waals surface area contributed by atoms with Gasteiger partial charge in [-0.2, -0.15) is 0 Å². The van der Waals surface area contributed by atoms with Crippen LogP contribution in [-0.2, 0) is 11.2 Å². The van der Waals surface area contributed by atoms with E-state index in [0.717, 1.165) is 11.6 Å². The third kappa shape index (κ3) is 3.18. The van der Waals surface area contributed by atoms with Crippen molar-refractivity contribution in [2.24, 2.45) is 0 Å². The molecule has 92 valence electrons. The summed E-state index contributed by atoms with van der Waals surface area (Å²) in [6.07, 6.45) is 0.176. The van der Waals surface area contributed by atoms with Crippen molar-refractivity contribution in [2.75, 3.05) is 5.32 Å². The van der Waals surface area contributed by atoms with Crippen LogP contribution in [0.2, 0.25) is 0 Å². The molecule has 2 aromatic rings. The monoisotopic (exact) mass is 245 g/mol. The molecule has 0 saturated heterocycles. The van der Waals surface area contributed by atoms with E-state index in [0.29, 0.717) is 0 Å². The predicted octanol–water partition coefficient (Wildman–Crippen LogP) is 0.244. The summed E-state index contributed by atoms with van der Waals surface area (Å²) in [6.45, 7) is 0. The van der Waals surface area contributed by atoms with Crippen molar-refractivity contribution in [3.63, 3.8) is 0 Å². The molecule has 0 aliphatic carbocycles. The Morgan fingerprint density at radius 3 is 2.50 bits per heavy atom. The number of carbonyl (C=O) groups is 1. The molecule has 0 fully saturated rings. The SMILES string of the molecule is O=C(Cc1ccccc1)Nc1cc(=O)[nH]c(=O)[nH]1. The van der Waals surface area contributed by atoms with Gasteiger partial charge in [-0.25, -0.2) is 4.79 Å². The van der Waals surface area contributed by atoms with Crippen LogP contribution < -0.4 is 16.6 Å². The normalized spacial score (nSPS) is 10.0. The fourth-order valence-corrected chi connectivity index (χ4v) is 1.51. The number of hydrogen-bond donors (Lipinski definition) is 3. The number of rotatable bonds is 3. The second kappa shape index (κ2) is 5.13. The molecule has 0 radical (unpaired) electrons. The zero-order valence-corrected chi connectivity index (χ0v) is 9.40. The number of H-pyrrole nitrogens is 2. The fourth-order valence-electron chi connectivity index (χ4n) is 1.51. The highest BCUT2D eigenvalue weighted by atomic mass is 16.2. The minimum Gasteiger partial charge on any atom is -0.312 e. The van der Waals surface area contributed by atoms with Crippen molar-refractivity contribution in [1.82, 2.24) is 9.97 Å².